The molecule has 0 spiro atoms. The summed E-state index contributed by atoms with van der Waals surface area (Å²) in [7, 11) is 1.72. The van der Waals surface area contributed by atoms with Crippen LogP contribution < -0.4 is 10.6 Å². The van der Waals surface area contributed by atoms with Gasteiger partial charge in [0.1, 0.15) is 0 Å². The van der Waals surface area contributed by atoms with E-state index in [1.807, 2.05) is 24.3 Å². The molecule has 3 rings (SSSR count). The zero-order valence-corrected chi connectivity index (χ0v) is 17.2. The maximum atomic E-state index is 12.7. The monoisotopic (exact) mass is 410 g/mol. The van der Waals surface area contributed by atoms with Crippen molar-refractivity contribution in [2.75, 3.05) is 33.4 Å². The van der Waals surface area contributed by atoms with Crippen molar-refractivity contribution in [3.05, 3.63) is 54.0 Å². The number of nitrogens with one attached hydrogen (secondary N) is 2. The fourth-order valence-corrected chi connectivity index (χ4v) is 4.21. The van der Waals surface area contributed by atoms with Crippen LogP contribution in [0.2, 0.25) is 0 Å². The summed E-state index contributed by atoms with van der Waals surface area (Å²) >= 11 is 1.69. The largest absolute Gasteiger partial charge is 0.459 e. The Morgan fingerprint density at radius 2 is 2.00 bits per heavy atom. The van der Waals surface area contributed by atoms with Gasteiger partial charge in [0.05, 0.1) is 12.9 Å². The Kier molecular flexibility index (Phi) is 8.70. The Hall–Kier alpha value is -1.47. The molecule has 27 heavy (non-hydrogen) atoms. The highest BCUT2D eigenvalue weighted by Gasteiger charge is 2.33. The van der Waals surface area contributed by atoms with Gasteiger partial charge in [-0.1, -0.05) is 18.2 Å². The van der Waals surface area contributed by atoms with Crippen LogP contribution in [0.25, 0.3) is 0 Å². The Morgan fingerprint density at radius 3 is 2.70 bits per heavy atom. The quantitative estimate of drug-likeness (QED) is 0.649. The minimum atomic E-state index is -0.146. The molecule has 1 amide bonds. The van der Waals surface area contributed by atoms with E-state index < -0.39 is 0 Å². The molecule has 148 valence electrons. The zero-order chi connectivity index (χ0) is 18.2. The third-order valence-electron chi connectivity index (χ3n) is 4.83. The number of ether oxygens (including phenoxy) is 1. The van der Waals surface area contributed by atoms with Crippen LogP contribution in [0.15, 0.2) is 52.0 Å². The van der Waals surface area contributed by atoms with Crippen molar-refractivity contribution < 1.29 is 13.9 Å². The number of methoxy groups -OCH3 is 1. The second-order valence-corrected chi connectivity index (χ2v) is 7.79. The maximum Gasteiger partial charge on any atom is 0.287 e. The first-order valence-electron chi connectivity index (χ1n) is 8.94. The minimum Gasteiger partial charge on any atom is -0.459 e. The molecule has 0 radical (unpaired) electrons. The highest BCUT2D eigenvalue weighted by Crippen LogP contribution is 2.29. The minimum absolute atomic E-state index is 0. The lowest BCUT2D eigenvalue weighted by molar-refractivity contribution is 0.0506. The normalized spacial score (nSPS) is 15.7. The molecular weight excluding hydrogens is 384 g/mol. The van der Waals surface area contributed by atoms with Crippen LogP contribution in [0.1, 0.15) is 29.0 Å². The number of thioether (sulfide) groups is 1. The Bertz CT molecular complexity index is 697. The average Bonchev–Trinajstić information content (AvgIpc) is 3.15. The fraction of sp³-hybridized carbons (Fsp3) is 0.450. The Morgan fingerprint density at radius 1 is 1.26 bits per heavy atom. The van der Waals surface area contributed by atoms with E-state index in [0.717, 1.165) is 31.5 Å². The van der Waals surface area contributed by atoms with Crippen LogP contribution in [-0.2, 0) is 10.5 Å². The van der Waals surface area contributed by atoms with E-state index in [4.69, 9.17) is 9.15 Å². The first kappa shape index (κ1) is 21.8. The van der Waals surface area contributed by atoms with Gasteiger partial charge in [0.25, 0.3) is 5.91 Å². The van der Waals surface area contributed by atoms with E-state index in [1.165, 1.54) is 4.90 Å². The van der Waals surface area contributed by atoms with Crippen molar-refractivity contribution >= 4 is 30.1 Å². The molecule has 1 saturated heterocycles. The molecule has 1 aromatic heterocycles. The molecule has 5 nitrogen and oxygen atoms in total. The SMILES string of the molecule is COCC1(CNC(=O)c2occc2CSc2ccccc2)CCNCC1.Cl. The van der Waals surface area contributed by atoms with Gasteiger partial charge in [0, 0.05) is 35.3 Å². The highest BCUT2D eigenvalue weighted by atomic mass is 35.5. The summed E-state index contributed by atoms with van der Waals surface area (Å²) in [5.74, 6) is 0.971. The molecule has 7 heteroatoms. The summed E-state index contributed by atoms with van der Waals surface area (Å²) in [6.45, 7) is 3.18. The number of rotatable bonds is 8. The number of benzene rings is 1. The zero-order valence-electron chi connectivity index (χ0n) is 15.5. The van der Waals surface area contributed by atoms with Crippen molar-refractivity contribution in [2.45, 2.75) is 23.5 Å². The molecule has 0 unspecified atom stereocenters. The van der Waals surface area contributed by atoms with Crippen molar-refractivity contribution in [2.24, 2.45) is 5.41 Å². The van der Waals surface area contributed by atoms with Crippen LogP contribution in [0.5, 0.6) is 0 Å². The lowest BCUT2D eigenvalue weighted by atomic mass is 9.79. The molecule has 1 aromatic carbocycles. The van der Waals surface area contributed by atoms with Crippen molar-refractivity contribution in [3.63, 3.8) is 0 Å². The van der Waals surface area contributed by atoms with Crippen LogP contribution in [0.4, 0.5) is 0 Å². The summed E-state index contributed by atoms with van der Waals surface area (Å²) < 4.78 is 10.9. The van der Waals surface area contributed by atoms with E-state index in [9.17, 15) is 4.79 Å². The summed E-state index contributed by atoms with van der Waals surface area (Å²) in [6.07, 6.45) is 3.58. The van der Waals surface area contributed by atoms with Gasteiger partial charge >= 0.3 is 0 Å². The molecule has 0 atom stereocenters. The molecule has 1 aliphatic heterocycles. The van der Waals surface area contributed by atoms with Crippen molar-refractivity contribution in [3.8, 4) is 0 Å². The van der Waals surface area contributed by atoms with Crippen LogP contribution >= 0.6 is 24.2 Å². The standard InChI is InChI=1S/C20H26N2O3S.ClH/c1-24-15-20(8-10-21-11-9-20)14-22-19(23)18-16(7-12-25-18)13-26-17-5-3-2-4-6-17;/h2-7,12,21H,8-11,13-15H2,1H3,(H,22,23);1H. The Balaban J connectivity index is 0.00000261. The van der Waals surface area contributed by atoms with Gasteiger partial charge in [-0.2, -0.15) is 0 Å². The van der Waals surface area contributed by atoms with Gasteiger partial charge in [0.2, 0.25) is 0 Å². The summed E-state index contributed by atoms with van der Waals surface area (Å²) in [6, 6.07) is 12.0. The molecule has 2 heterocycles. The lowest BCUT2D eigenvalue weighted by Crippen LogP contribution is -2.47. The molecule has 0 saturated carbocycles. The first-order valence-corrected chi connectivity index (χ1v) is 9.93. The van der Waals surface area contributed by atoms with E-state index in [1.54, 1.807) is 25.1 Å². The van der Waals surface area contributed by atoms with Crippen LogP contribution in [0.3, 0.4) is 0 Å². The predicted molar refractivity (Wildman–Crippen MR) is 111 cm³/mol. The summed E-state index contributed by atoms with van der Waals surface area (Å²) in [5, 5.41) is 6.43. The number of halogens is 1. The van der Waals surface area contributed by atoms with Gasteiger partial charge in [-0.25, -0.2) is 0 Å². The highest BCUT2D eigenvalue weighted by molar-refractivity contribution is 7.98. The van der Waals surface area contributed by atoms with Crippen LogP contribution in [0, 0.1) is 5.41 Å². The van der Waals surface area contributed by atoms with E-state index in [-0.39, 0.29) is 23.7 Å². The third kappa shape index (κ3) is 6.01. The molecule has 1 aliphatic rings. The number of carbonyl (C=O) groups excluding carboxylic acids is 1. The molecular formula is C20H27ClN2O3S. The average molecular weight is 411 g/mol. The topological polar surface area (TPSA) is 63.5 Å². The first-order chi connectivity index (χ1) is 12.7. The van der Waals surface area contributed by atoms with E-state index >= 15 is 0 Å². The number of amides is 1. The molecule has 0 aliphatic carbocycles. The van der Waals surface area contributed by atoms with Gasteiger partial charge in [-0.05, 0) is 44.1 Å². The Labute approximate surface area is 171 Å². The number of furan rings is 1. The molecule has 2 aromatic rings. The molecule has 0 bridgehead atoms. The van der Waals surface area contributed by atoms with Gasteiger partial charge < -0.3 is 19.8 Å². The number of hydrogen-bond donors (Lipinski definition) is 2. The second-order valence-electron chi connectivity index (χ2n) is 6.74. The van der Waals surface area contributed by atoms with E-state index in [2.05, 4.69) is 22.8 Å². The van der Waals surface area contributed by atoms with Gasteiger partial charge in [0.15, 0.2) is 5.76 Å². The number of piperidine rings is 1. The maximum absolute atomic E-state index is 12.7. The second kappa shape index (κ2) is 10.8. The molecule has 1 fully saturated rings. The number of carbonyl (C=O) groups is 1. The van der Waals surface area contributed by atoms with Crippen molar-refractivity contribution in [1.29, 1.82) is 0 Å². The summed E-state index contributed by atoms with van der Waals surface area (Å²) in [4.78, 5) is 13.8. The third-order valence-corrected chi connectivity index (χ3v) is 5.89. The predicted octanol–water partition coefficient (Wildman–Crippen LogP) is 3.74. The smallest absolute Gasteiger partial charge is 0.287 e. The van der Waals surface area contributed by atoms with Crippen molar-refractivity contribution in [1.82, 2.24) is 10.6 Å². The summed E-state index contributed by atoms with van der Waals surface area (Å²) in [5.41, 5.74) is 0.920. The van der Waals surface area contributed by atoms with E-state index in [0.29, 0.717) is 24.7 Å². The fourth-order valence-electron chi connectivity index (χ4n) is 3.31. The lowest BCUT2D eigenvalue weighted by Gasteiger charge is -2.37. The van der Waals surface area contributed by atoms with Crippen LogP contribution in [-0.4, -0.2) is 39.3 Å². The molecule has 2 N–H and O–H groups in total. The van der Waals surface area contributed by atoms with Gasteiger partial charge in [-0.15, -0.1) is 24.2 Å². The van der Waals surface area contributed by atoms with Gasteiger partial charge in [-0.3, -0.25) is 4.79 Å². The number of hydrogen-bond acceptors (Lipinski definition) is 5.